The first-order chi connectivity index (χ1) is 11.5. The first-order valence-electron chi connectivity index (χ1n) is 7.79. The van der Waals surface area contributed by atoms with Crippen LogP contribution in [0, 0.1) is 6.92 Å². The van der Waals surface area contributed by atoms with Crippen molar-refractivity contribution in [2.24, 2.45) is 0 Å². The lowest BCUT2D eigenvalue weighted by molar-refractivity contribution is -0.116. The van der Waals surface area contributed by atoms with Crippen LogP contribution in [0.2, 0.25) is 0 Å². The molecule has 0 radical (unpaired) electrons. The molecule has 1 aliphatic heterocycles. The van der Waals surface area contributed by atoms with E-state index in [1.165, 1.54) is 11.8 Å². The van der Waals surface area contributed by atoms with Crippen molar-refractivity contribution >= 4 is 23.4 Å². The average Bonchev–Trinajstić information content (AvgIpc) is 2.80. The molecule has 0 fully saturated rings. The van der Waals surface area contributed by atoms with Gasteiger partial charge in [-0.15, -0.1) is 0 Å². The zero-order valence-corrected chi connectivity index (χ0v) is 13.7. The highest BCUT2D eigenvalue weighted by molar-refractivity contribution is 6.21. The Kier molecular flexibility index (Phi) is 4.16. The Hall–Kier alpha value is -2.95. The number of rotatable bonds is 4. The van der Waals surface area contributed by atoms with Crippen LogP contribution < -0.4 is 4.90 Å². The number of fused-ring (bicyclic) bond motifs is 1. The molecule has 0 saturated carbocycles. The van der Waals surface area contributed by atoms with Crippen molar-refractivity contribution < 1.29 is 14.4 Å². The van der Waals surface area contributed by atoms with Crippen LogP contribution in [0.4, 0.5) is 5.69 Å². The van der Waals surface area contributed by atoms with Crippen molar-refractivity contribution in [3.05, 3.63) is 65.2 Å². The SMILES string of the molecule is CC(=O)N(CCN1C(=O)c2ccccc2C1=O)c1cccc(C)c1. The topological polar surface area (TPSA) is 57.7 Å². The second-order valence-corrected chi connectivity index (χ2v) is 5.82. The van der Waals surface area contributed by atoms with E-state index < -0.39 is 0 Å². The lowest BCUT2D eigenvalue weighted by Gasteiger charge is -2.24. The van der Waals surface area contributed by atoms with Gasteiger partial charge < -0.3 is 4.90 Å². The van der Waals surface area contributed by atoms with Gasteiger partial charge in [0.2, 0.25) is 5.91 Å². The van der Waals surface area contributed by atoms with Gasteiger partial charge in [0.15, 0.2) is 0 Å². The zero-order valence-electron chi connectivity index (χ0n) is 13.7. The molecule has 0 atom stereocenters. The molecule has 1 aliphatic rings. The maximum absolute atomic E-state index is 12.4. The summed E-state index contributed by atoms with van der Waals surface area (Å²) < 4.78 is 0. The minimum Gasteiger partial charge on any atom is -0.311 e. The molecule has 0 unspecified atom stereocenters. The monoisotopic (exact) mass is 322 g/mol. The van der Waals surface area contributed by atoms with E-state index in [1.54, 1.807) is 29.2 Å². The lowest BCUT2D eigenvalue weighted by Crippen LogP contribution is -2.40. The second-order valence-electron chi connectivity index (χ2n) is 5.82. The third-order valence-corrected chi connectivity index (χ3v) is 4.12. The molecular formula is C19H18N2O3. The summed E-state index contributed by atoms with van der Waals surface area (Å²) in [6.07, 6.45) is 0. The molecule has 0 aromatic heterocycles. The molecule has 24 heavy (non-hydrogen) atoms. The highest BCUT2D eigenvalue weighted by Crippen LogP contribution is 2.23. The summed E-state index contributed by atoms with van der Waals surface area (Å²) in [4.78, 5) is 39.5. The summed E-state index contributed by atoms with van der Waals surface area (Å²) in [5, 5.41) is 0. The summed E-state index contributed by atoms with van der Waals surface area (Å²) in [5.74, 6) is -0.733. The quantitative estimate of drug-likeness (QED) is 0.813. The van der Waals surface area contributed by atoms with Gasteiger partial charge in [-0.2, -0.15) is 0 Å². The van der Waals surface area contributed by atoms with Gasteiger partial charge in [-0.1, -0.05) is 24.3 Å². The summed E-state index contributed by atoms with van der Waals surface area (Å²) in [6, 6.07) is 14.4. The number of carbonyl (C=O) groups excluding carboxylic acids is 3. The Morgan fingerprint density at radius 2 is 1.62 bits per heavy atom. The summed E-state index contributed by atoms with van der Waals surface area (Å²) in [5.41, 5.74) is 2.65. The van der Waals surface area contributed by atoms with E-state index in [0.717, 1.165) is 11.3 Å². The number of hydrogen-bond donors (Lipinski definition) is 0. The number of nitrogens with zero attached hydrogens (tertiary/aromatic N) is 2. The van der Waals surface area contributed by atoms with E-state index in [9.17, 15) is 14.4 Å². The Balaban J connectivity index is 1.78. The van der Waals surface area contributed by atoms with Gasteiger partial charge in [-0.3, -0.25) is 19.3 Å². The van der Waals surface area contributed by atoms with Gasteiger partial charge in [-0.25, -0.2) is 0 Å². The van der Waals surface area contributed by atoms with Gasteiger partial charge in [0.05, 0.1) is 11.1 Å². The van der Waals surface area contributed by atoms with E-state index in [2.05, 4.69) is 0 Å². The maximum Gasteiger partial charge on any atom is 0.261 e. The number of benzene rings is 2. The molecule has 5 heteroatoms. The number of anilines is 1. The zero-order chi connectivity index (χ0) is 17.3. The van der Waals surface area contributed by atoms with Crippen LogP contribution in [0.3, 0.4) is 0 Å². The first-order valence-corrected chi connectivity index (χ1v) is 7.79. The van der Waals surface area contributed by atoms with Gasteiger partial charge in [-0.05, 0) is 36.8 Å². The number of carbonyl (C=O) groups is 3. The molecule has 0 saturated heterocycles. The minimum absolute atomic E-state index is 0.128. The van der Waals surface area contributed by atoms with Crippen molar-refractivity contribution in [3.8, 4) is 0 Å². The van der Waals surface area contributed by atoms with Crippen LogP contribution >= 0.6 is 0 Å². The molecule has 5 nitrogen and oxygen atoms in total. The molecule has 2 aromatic rings. The fourth-order valence-electron chi connectivity index (χ4n) is 2.91. The predicted molar refractivity (Wildman–Crippen MR) is 91.0 cm³/mol. The van der Waals surface area contributed by atoms with Crippen molar-refractivity contribution in [1.82, 2.24) is 4.90 Å². The standard InChI is InChI=1S/C19H18N2O3/c1-13-6-5-7-15(12-13)20(14(2)22)10-11-21-18(23)16-8-3-4-9-17(16)19(21)24/h3-9,12H,10-11H2,1-2H3. The third kappa shape index (κ3) is 2.80. The van der Waals surface area contributed by atoms with Crippen LogP contribution in [0.25, 0.3) is 0 Å². The molecule has 2 aromatic carbocycles. The predicted octanol–water partition coefficient (Wildman–Crippen LogP) is 2.64. The number of hydrogen-bond acceptors (Lipinski definition) is 3. The molecule has 0 N–H and O–H groups in total. The van der Waals surface area contributed by atoms with Crippen LogP contribution in [-0.4, -0.2) is 35.7 Å². The molecule has 0 spiro atoms. The Labute approximate surface area is 140 Å². The van der Waals surface area contributed by atoms with Gasteiger partial charge in [0, 0.05) is 25.7 Å². The summed E-state index contributed by atoms with van der Waals surface area (Å²) in [7, 11) is 0. The molecule has 0 bridgehead atoms. The normalized spacial score (nSPS) is 13.2. The fourth-order valence-corrected chi connectivity index (χ4v) is 2.91. The largest absolute Gasteiger partial charge is 0.311 e. The molecule has 1 heterocycles. The van der Waals surface area contributed by atoms with Crippen molar-refractivity contribution in [1.29, 1.82) is 0 Å². The molecular weight excluding hydrogens is 304 g/mol. The van der Waals surface area contributed by atoms with Gasteiger partial charge in [0.1, 0.15) is 0 Å². The van der Waals surface area contributed by atoms with Crippen LogP contribution in [0.5, 0.6) is 0 Å². The highest BCUT2D eigenvalue weighted by Gasteiger charge is 2.35. The van der Waals surface area contributed by atoms with Gasteiger partial charge in [0.25, 0.3) is 11.8 Å². The van der Waals surface area contributed by atoms with E-state index in [1.807, 2.05) is 31.2 Å². The lowest BCUT2D eigenvalue weighted by atomic mass is 10.1. The number of imide groups is 1. The molecule has 122 valence electrons. The number of amides is 3. The molecule has 3 rings (SSSR count). The van der Waals surface area contributed by atoms with Crippen LogP contribution in [-0.2, 0) is 4.79 Å². The Bertz CT molecular complexity index is 794. The van der Waals surface area contributed by atoms with Crippen LogP contribution in [0.1, 0.15) is 33.2 Å². The van der Waals surface area contributed by atoms with Crippen molar-refractivity contribution in [2.75, 3.05) is 18.0 Å². The molecule has 0 aliphatic carbocycles. The maximum atomic E-state index is 12.4. The summed E-state index contributed by atoms with van der Waals surface area (Å²) in [6.45, 7) is 3.86. The summed E-state index contributed by atoms with van der Waals surface area (Å²) >= 11 is 0. The highest BCUT2D eigenvalue weighted by atomic mass is 16.2. The van der Waals surface area contributed by atoms with E-state index in [-0.39, 0.29) is 30.8 Å². The fraction of sp³-hybridized carbons (Fsp3) is 0.211. The van der Waals surface area contributed by atoms with Crippen molar-refractivity contribution in [2.45, 2.75) is 13.8 Å². The smallest absolute Gasteiger partial charge is 0.261 e. The minimum atomic E-state index is -0.302. The second kappa shape index (κ2) is 6.28. The number of aryl methyl sites for hydroxylation is 1. The molecule has 3 amide bonds. The van der Waals surface area contributed by atoms with E-state index in [0.29, 0.717) is 11.1 Å². The van der Waals surface area contributed by atoms with Crippen molar-refractivity contribution in [3.63, 3.8) is 0 Å². The first kappa shape index (κ1) is 15.9. The van der Waals surface area contributed by atoms with Gasteiger partial charge >= 0.3 is 0 Å². The van der Waals surface area contributed by atoms with E-state index in [4.69, 9.17) is 0 Å². The Morgan fingerprint density at radius 1 is 1.00 bits per heavy atom. The average molecular weight is 322 g/mol. The Morgan fingerprint density at radius 3 is 2.17 bits per heavy atom. The van der Waals surface area contributed by atoms with Crippen LogP contribution in [0.15, 0.2) is 48.5 Å². The third-order valence-electron chi connectivity index (χ3n) is 4.12. The van der Waals surface area contributed by atoms with E-state index >= 15 is 0 Å².